The number of nitrogens with one attached hydrogen (secondary N) is 2. The van der Waals surface area contributed by atoms with Crippen LogP contribution in [0.3, 0.4) is 0 Å². The first kappa shape index (κ1) is 6.05. The third-order valence-electron chi connectivity index (χ3n) is 1.62. The fourth-order valence-corrected chi connectivity index (χ4v) is 1.00. The van der Waals surface area contributed by atoms with Gasteiger partial charge in [0.2, 0.25) is 0 Å². The highest BCUT2D eigenvalue weighted by Crippen LogP contribution is 1.90. The summed E-state index contributed by atoms with van der Waals surface area (Å²) in [5, 5.41) is 6.73. The van der Waals surface area contributed by atoms with Crippen molar-refractivity contribution in [3.05, 3.63) is 0 Å². The summed E-state index contributed by atoms with van der Waals surface area (Å²) in [5.74, 6) is 0. The summed E-state index contributed by atoms with van der Waals surface area (Å²) in [5.41, 5.74) is 0. The zero-order chi connectivity index (χ0) is 5.82. The van der Waals surface area contributed by atoms with Gasteiger partial charge in [-0.2, -0.15) is 0 Å². The van der Waals surface area contributed by atoms with E-state index in [1.807, 2.05) is 0 Å². The van der Waals surface area contributed by atoms with E-state index in [-0.39, 0.29) is 2.85 Å². The van der Waals surface area contributed by atoms with Gasteiger partial charge >= 0.3 is 0 Å². The molecule has 1 atom stereocenters. The maximum atomic E-state index is 3.41. The third-order valence-corrected chi connectivity index (χ3v) is 1.62. The average molecular weight is 118 g/mol. The number of rotatable bonds is 1. The first-order chi connectivity index (χ1) is 3.93. The topological polar surface area (TPSA) is 24.1 Å². The summed E-state index contributed by atoms with van der Waals surface area (Å²) in [6, 6.07) is 0.726. The van der Waals surface area contributed by atoms with Crippen LogP contribution in [0.5, 0.6) is 0 Å². The molecule has 0 aliphatic carbocycles. The normalized spacial score (nSPS) is 30.4. The van der Waals surface area contributed by atoms with Crippen molar-refractivity contribution >= 4 is 0 Å². The molecule has 52 valence electrons. The lowest BCUT2D eigenvalue weighted by molar-refractivity contribution is 0.410. The van der Waals surface area contributed by atoms with Gasteiger partial charge in [-0.05, 0) is 6.42 Å². The Morgan fingerprint density at radius 3 is 2.88 bits per heavy atom. The maximum absolute atomic E-state index is 3.41. The lowest BCUT2D eigenvalue weighted by atomic mass is 10.2. The summed E-state index contributed by atoms with van der Waals surface area (Å²) in [7, 11) is 0. The second-order valence-corrected chi connectivity index (χ2v) is 2.26. The van der Waals surface area contributed by atoms with Gasteiger partial charge in [-0.25, -0.2) is 0 Å². The monoisotopic (exact) mass is 118 g/mol. The van der Waals surface area contributed by atoms with Gasteiger partial charge in [0.05, 0.1) is 0 Å². The van der Waals surface area contributed by atoms with E-state index in [0.29, 0.717) is 0 Å². The van der Waals surface area contributed by atoms with Crippen LogP contribution >= 0.6 is 0 Å². The first-order valence-corrected chi connectivity index (χ1v) is 3.37. The smallest absolute Gasteiger partial charge is 0.0190 e. The highest BCUT2D eigenvalue weighted by molar-refractivity contribution is 4.72. The van der Waals surface area contributed by atoms with Gasteiger partial charge in [-0.1, -0.05) is 6.92 Å². The van der Waals surface area contributed by atoms with Crippen LogP contribution in [0.25, 0.3) is 0 Å². The molecule has 1 aliphatic rings. The number of hydrogen-bond donors (Lipinski definition) is 2. The average Bonchev–Trinajstić information content (AvgIpc) is 1.90. The van der Waals surface area contributed by atoms with Crippen molar-refractivity contribution in [2.75, 3.05) is 19.6 Å². The molecule has 1 fully saturated rings. The molecule has 0 aromatic carbocycles. The Morgan fingerprint density at radius 2 is 2.50 bits per heavy atom. The fourth-order valence-electron chi connectivity index (χ4n) is 1.00. The molecule has 1 heterocycles. The summed E-state index contributed by atoms with van der Waals surface area (Å²) in [6.07, 6.45) is 1.24. The Morgan fingerprint density at radius 1 is 1.62 bits per heavy atom. The van der Waals surface area contributed by atoms with Crippen LogP contribution in [-0.2, 0) is 0 Å². The largest absolute Gasteiger partial charge is 0.314 e. The molecule has 0 radical (unpaired) electrons. The minimum atomic E-state index is 0. The minimum absolute atomic E-state index is 0. The first-order valence-electron chi connectivity index (χ1n) is 3.37. The van der Waals surface area contributed by atoms with Crippen molar-refractivity contribution in [2.24, 2.45) is 0 Å². The molecule has 0 amide bonds. The summed E-state index contributed by atoms with van der Waals surface area (Å²) < 4.78 is 0. The Kier molecular flexibility index (Phi) is 2.30. The van der Waals surface area contributed by atoms with Gasteiger partial charge in [0, 0.05) is 28.5 Å². The molecular formula is C6H18N2. The van der Waals surface area contributed by atoms with Crippen LogP contribution in [0.15, 0.2) is 0 Å². The molecule has 1 rings (SSSR count). The predicted octanol–water partition coefficient (Wildman–Crippen LogP) is 0.450. The van der Waals surface area contributed by atoms with Gasteiger partial charge in [0.25, 0.3) is 0 Å². The SMILES string of the molecule is CCC1CNCCN1.[HH].[HH]. The van der Waals surface area contributed by atoms with E-state index in [1.54, 1.807) is 0 Å². The quantitative estimate of drug-likeness (QED) is 0.522. The van der Waals surface area contributed by atoms with Crippen LogP contribution in [0.1, 0.15) is 16.2 Å². The Labute approximate surface area is 53.6 Å². The van der Waals surface area contributed by atoms with Crippen molar-refractivity contribution in [3.63, 3.8) is 0 Å². The molecule has 8 heavy (non-hydrogen) atoms. The van der Waals surface area contributed by atoms with Crippen molar-refractivity contribution in [3.8, 4) is 0 Å². The van der Waals surface area contributed by atoms with Gasteiger partial charge in [0.1, 0.15) is 0 Å². The molecule has 2 N–H and O–H groups in total. The van der Waals surface area contributed by atoms with E-state index in [9.17, 15) is 0 Å². The number of piperazine rings is 1. The third kappa shape index (κ3) is 1.46. The second-order valence-electron chi connectivity index (χ2n) is 2.26. The van der Waals surface area contributed by atoms with Crippen molar-refractivity contribution in [1.82, 2.24) is 10.6 Å². The molecule has 0 aromatic rings. The van der Waals surface area contributed by atoms with Gasteiger partial charge in [0.15, 0.2) is 0 Å². The zero-order valence-electron chi connectivity index (χ0n) is 5.41. The molecule has 0 spiro atoms. The van der Waals surface area contributed by atoms with Gasteiger partial charge in [-0.15, -0.1) is 0 Å². The van der Waals surface area contributed by atoms with Crippen LogP contribution in [-0.4, -0.2) is 25.7 Å². The van der Waals surface area contributed by atoms with E-state index in [2.05, 4.69) is 17.6 Å². The summed E-state index contributed by atoms with van der Waals surface area (Å²) in [4.78, 5) is 0. The van der Waals surface area contributed by atoms with Crippen LogP contribution in [0, 0.1) is 0 Å². The Hall–Kier alpha value is -0.0800. The molecule has 0 saturated carbocycles. The molecule has 1 aliphatic heterocycles. The van der Waals surface area contributed by atoms with E-state index in [1.165, 1.54) is 6.42 Å². The second kappa shape index (κ2) is 3.05. The van der Waals surface area contributed by atoms with E-state index >= 15 is 0 Å². The van der Waals surface area contributed by atoms with Crippen LogP contribution < -0.4 is 10.6 Å². The predicted molar refractivity (Wildman–Crippen MR) is 39.2 cm³/mol. The number of hydrogen-bond acceptors (Lipinski definition) is 2. The van der Waals surface area contributed by atoms with Crippen LogP contribution in [0.4, 0.5) is 0 Å². The molecule has 1 saturated heterocycles. The Balaban J connectivity index is 0. The highest BCUT2D eigenvalue weighted by atomic mass is 15.0. The summed E-state index contributed by atoms with van der Waals surface area (Å²) in [6.45, 7) is 5.64. The molecule has 0 bridgehead atoms. The molecule has 2 heteroatoms. The molecule has 2 nitrogen and oxygen atoms in total. The van der Waals surface area contributed by atoms with E-state index in [0.717, 1.165) is 25.7 Å². The standard InChI is InChI=1S/C6H14N2.2H2/c1-2-6-5-7-3-4-8-6;;/h6-8H,2-5H2,1H3;2*1H. The van der Waals surface area contributed by atoms with Gasteiger partial charge in [-0.3, -0.25) is 0 Å². The van der Waals surface area contributed by atoms with E-state index in [4.69, 9.17) is 0 Å². The molecular weight excluding hydrogens is 100 g/mol. The minimum Gasteiger partial charge on any atom is -0.314 e. The fraction of sp³-hybridized carbons (Fsp3) is 1.00. The Bertz CT molecular complexity index is 64.8. The lowest BCUT2D eigenvalue weighted by Crippen LogP contribution is -2.47. The van der Waals surface area contributed by atoms with Crippen LogP contribution in [0.2, 0.25) is 0 Å². The lowest BCUT2D eigenvalue weighted by Gasteiger charge is -2.22. The molecule has 1 unspecified atom stereocenters. The maximum Gasteiger partial charge on any atom is 0.0190 e. The van der Waals surface area contributed by atoms with Crippen molar-refractivity contribution in [1.29, 1.82) is 0 Å². The van der Waals surface area contributed by atoms with E-state index < -0.39 is 0 Å². The summed E-state index contributed by atoms with van der Waals surface area (Å²) >= 11 is 0. The zero-order valence-corrected chi connectivity index (χ0v) is 5.41. The molecule has 0 aromatic heterocycles. The van der Waals surface area contributed by atoms with Crippen molar-refractivity contribution < 1.29 is 2.85 Å². The van der Waals surface area contributed by atoms with Gasteiger partial charge < -0.3 is 10.6 Å². The van der Waals surface area contributed by atoms with Crippen molar-refractivity contribution in [2.45, 2.75) is 19.4 Å². The highest BCUT2D eigenvalue weighted by Gasteiger charge is 2.07.